The molecule has 3 nitrogen and oxygen atoms in total. The predicted molar refractivity (Wildman–Crippen MR) is 59.7 cm³/mol. The minimum atomic E-state index is 0.918. The third-order valence-electron chi connectivity index (χ3n) is 2.76. The van der Waals surface area contributed by atoms with E-state index in [1.54, 1.807) is 7.11 Å². The summed E-state index contributed by atoms with van der Waals surface area (Å²) in [6, 6.07) is 0. The number of nitrogens with one attached hydrogen (secondary N) is 1. The van der Waals surface area contributed by atoms with Crippen molar-refractivity contribution in [3.63, 3.8) is 0 Å². The Labute approximate surface area is 87.8 Å². The molecular formula is C11H24N2O. The third-order valence-corrected chi connectivity index (χ3v) is 2.76. The second kappa shape index (κ2) is 8.21. The first-order valence-electron chi connectivity index (χ1n) is 5.85. The smallest absolute Gasteiger partial charge is 0.0462 e. The van der Waals surface area contributed by atoms with Crippen molar-refractivity contribution in [3.8, 4) is 0 Å². The van der Waals surface area contributed by atoms with E-state index in [1.807, 2.05) is 0 Å². The minimum absolute atomic E-state index is 0.918. The highest BCUT2D eigenvalue weighted by atomic mass is 16.5. The Bertz CT molecular complexity index is 122. The second-order valence-electron chi connectivity index (χ2n) is 4.00. The van der Waals surface area contributed by atoms with Crippen molar-refractivity contribution in [1.82, 2.24) is 10.2 Å². The van der Waals surface area contributed by atoms with E-state index in [-0.39, 0.29) is 0 Å². The molecule has 1 N–H and O–H groups in total. The molecule has 0 spiro atoms. The molecular weight excluding hydrogens is 176 g/mol. The minimum Gasteiger partial charge on any atom is -0.385 e. The van der Waals surface area contributed by atoms with Crippen molar-refractivity contribution in [1.29, 1.82) is 0 Å². The zero-order valence-electron chi connectivity index (χ0n) is 9.43. The van der Waals surface area contributed by atoms with Crippen LogP contribution in [0, 0.1) is 0 Å². The van der Waals surface area contributed by atoms with Crippen molar-refractivity contribution >= 4 is 0 Å². The maximum Gasteiger partial charge on any atom is 0.0462 e. The third kappa shape index (κ3) is 5.58. The van der Waals surface area contributed by atoms with Gasteiger partial charge in [-0.05, 0) is 45.3 Å². The van der Waals surface area contributed by atoms with Crippen molar-refractivity contribution in [2.75, 3.05) is 46.4 Å². The van der Waals surface area contributed by atoms with Gasteiger partial charge in [-0.15, -0.1) is 0 Å². The van der Waals surface area contributed by atoms with Crippen molar-refractivity contribution in [2.24, 2.45) is 0 Å². The van der Waals surface area contributed by atoms with Gasteiger partial charge in [0.15, 0.2) is 0 Å². The molecule has 0 radical (unpaired) electrons. The summed E-state index contributed by atoms with van der Waals surface area (Å²) < 4.78 is 5.03. The van der Waals surface area contributed by atoms with Crippen LogP contribution in [0.3, 0.4) is 0 Å². The maximum absolute atomic E-state index is 5.03. The van der Waals surface area contributed by atoms with E-state index < -0.39 is 0 Å². The summed E-state index contributed by atoms with van der Waals surface area (Å²) in [5, 5.41) is 3.43. The van der Waals surface area contributed by atoms with Crippen LogP contribution < -0.4 is 5.32 Å². The molecule has 1 aliphatic rings. The molecule has 3 heteroatoms. The quantitative estimate of drug-likeness (QED) is 0.650. The summed E-state index contributed by atoms with van der Waals surface area (Å²) in [5.74, 6) is 0. The lowest BCUT2D eigenvalue weighted by molar-refractivity contribution is 0.189. The highest BCUT2D eigenvalue weighted by molar-refractivity contribution is 4.65. The fourth-order valence-corrected chi connectivity index (χ4v) is 1.88. The second-order valence-corrected chi connectivity index (χ2v) is 4.00. The Balaban J connectivity index is 1.93. The van der Waals surface area contributed by atoms with Crippen LogP contribution in [0.1, 0.15) is 25.7 Å². The molecule has 1 heterocycles. The van der Waals surface area contributed by atoms with Crippen LogP contribution in [0.2, 0.25) is 0 Å². The first kappa shape index (κ1) is 12.0. The number of hydrogen-bond acceptors (Lipinski definition) is 3. The van der Waals surface area contributed by atoms with Crippen LogP contribution in [0.25, 0.3) is 0 Å². The van der Waals surface area contributed by atoms with Crippen LogP contribution in [0.5, 0.6) is 0 Å². The largest absolute Gasteiger partial charge is 0.385 e. The molecule has 1 aliphatic heterocycles. The Morgan fingerprint density at radius 1 is 1.14 bits per heavy atom. The van der Waals surface area contributed by atoms with Crippen molar-refractivity contribution < 1.29 is 4.74 Å². The molecule has 1 fully saturated rings. The Kier molecular flexibility index (Phi) is 7.01. The molecule has 0 aromatic heterocycles. The highest BCUT2D eigenvalue weighted by Gasteiger charge is 2.06. The van der Waals surface area contributed by atoms with Crippen LogP contribution in [-0.4, -0.2) is 51.3 Å². The summed E-state index contributed by atoms with van der Waals surface area (Å²) >= 11 is 0. The van der Waals surface area contributed by atoms with E-state index in [2.05, 4.69) is 10.2 Å². The number of nitrogens with zero attached hydrogens (tertiary/aromatic N) is 1. The van der Waals surface area contributed by atoms with Crippen LogP contribution in [0.4, 0.5) is 0 Å². The number of ether oxygens (including phenoxy) is 1. The molecule has 0 aromatic rings. The number of unbranched alkanes of at least 4 members (excludes halogenated alkanes) is 2. The number of rotatable bonds is 6. The molecule has 0 amide bonds. The van der Waals surface area contributed by atoms with Gasteiger partial charge in [0.2, 0.25) is 0 Å². The summed E-state index contributed by atoms with van der Waals surface area (Å²) in [5.41, 5.74) is 0. The van der Waals surface area contributed by atoms with Gasteiger partial charge >= 0.3 is 0 Å². The van der Waals surface area contributed by atoms with Crippen molar-refractivity contribution in [3.05, 3.63) is 0 Å². The van der Waals surface area contributed by atoms with Crippen LogP contribution >= 0.6 is 0 Å². The van der Waals surface area contributed by atoms with Gasteiger partial charge in [0.1, 0.15) is 0 Å². The molecule has 0 aliphatic carbocycles. The lowest BCUT2D eigenvalue weighted by Gasteiger charge is -2.18. The number of hydrogen-bond donors (Lipinski definition) is 1. The van der Waals surface area contributed by atoms with E-state index in [9.17, 15) is 0 Å². The fraction of sp³-hybridized carbons (Fsp3) is 1.00. The van der Waals surface area contributed by atoms with Gasteiger partial charge in [0.05, 0.1) is 0 Å². The molecule has 84 valence electrons. The van der Waals surface area contributed by atoms with Gasteiger partial charge in [0.25, 0.3) is 0 Å². The average Bonchev–Trinajstić information content (AvgIpc) is 2.46. The number of methoxy groups -OCH3 is 1. The molecule has 0 aromatic carbocycles. The normalized spacial score (nSPS) is 19.5. The summed E-state index contributed by atoms with van der Waals surface area (Å²) in [6.07, 6.45) is 5.14. The van der Waals surface area contributed by atoms with E-state index in [1.165, 1.54) is 51.9 Å². The van der Waals surface area contributed by atoms with Crippen LogP contribution in [-0.2, 0) is 4.74 Å². The van der Waals surface area contributed by atoms with Gasteiger partial charge in [-0.25, -0.2) is 0 Å². The molecule has 0 bridgehead atoms. The summed E-state index contributed by atoms with van der Waals surface area (Å²) in [7, 11) is 1.78. The maximum atomic E-state index is 5.03. The topological polar surface area (TPSA) is 24.5 Å². The van der Waals surface area contributed by atoms with Gasteiger partial charge < -0.3 is 15.0 Å². The Morgan fingerprint density at radius 2 is 2.07 bits per heavy atom. The monoisotopic (exact) mass is 200 g/mol. The standard InChI is InChI=1S/C11H24N2O/c1-14-11-4-2-3-8-13-9-5-6-12-7-10-13/h12H,2-11H2,1H3. The first-order valence-corrected chi connectivity index (χ1v) is 5.85. The van der Waals surface area contributed by atoms with E-state index >= 15 is 0 Å². The predicted octanol–water partition coefficient (Wildman–Crippen LogP) is 1.10. The van der Waals surface area contributed by atoms with Gasteiger partial charge in [-0.3, -0.25) is 0 Å². The lowest BCUT2D eigenvalue weighted by Crippen LogP contribution is -2.29. The molecule has 0 unspecified atom stereocenters. The average molecular weight is 200 g/mol. The fourth-order valence-electron chi connectivity index (χ4n) is 1.88. The molecule has 1 rings (SSSR count). The van der Waals surface area contributed by atoms with Crippen LogP contribution in [0.15, 0.2) is 0 Å². The van der Waals surface area contributed by atoms with E-state index in [4.69, 9.17) is 4.74 Å². The van der Waals surface area contributed by atoms with Crippen molar-refractivity contribution in [2.45, 2.75) is 25.7 Å². The lowest BCUT2D eigenvalue weighted by atomic mass is 10.2. The molecule has 1 saturated heterocycles. The zero-order chi connectivity index (χ0) is 10.1. The molecule has 0 atom stereocenters. The zero-order valence-corrected chi connectivity index (χ0v) is 9.43. The van der Waals surface area contributed by atoms with E-state index in [0.717, 1.165) is 13.2 Å². The first-order chi connectivity index (χ1) is 6.93. The van der Waals surface area contributed by atoms with Gasteiger partial charge in [0, 0.05) is 26.8 Å². The highest BCUT2D eigenvalue weighted by Crippen LogP contribution is 2.01. The SMILES string of the molecule is COCCCCCN1CCCNCC1. The Morgan fingerprint density at radius 3 is 2.93 bits per heavy atom. The summed E-state index contributed by atoms with van der Waals surface area (Å²) in [6.45, 7) is 7.05. The van der Waals surface area contributed by atoms with E-state index in [0.29, 0.717) is 0 Å². The Hall–Kier alpha value is -0.120. The van der Waals surface area contributed by atoms with Gasteiger partial charge in [-0.2, -0.15) is 0 Å². The molecule has 14 heavy (non-hydrogen) atoms. The summed E-state index contributed by atoms with van der Waals surface area (Å²) in [4.78, 5) is 2.58. The molecule has 0 saturated carbocycles. The van der Waals surface area contributed by atoms with Gasteiger partial charge in [-0.1, -0.05) is 0 Å².